The van der Waals surface area contributed by atoms with E-state index < -0.39 is 21.7 Å². The average molecular weight is 525 g/mol. The van der Waals surface area contributed by atoms with Crippen molar-refractivity contribution < 1.29 is 19.4 Å². The number of nitrogens with one attached hydrogen (secondary N) is 2. The summed E-state index contributed by atoms with van der Waals surface area (Å²) in [6.45, 7) is 3.09. The van der Waals surface area contributed by atoms with Gasteiger partial charge >= 0.3 is 0 Å². The Kier molecular flexibility index (Phi) is 7.76. The van der Waals surface area contributed by atoms with Crippen molar-refractivity contribution >= 4 is 34.6 Å². The van der Waals surface area contributed by atoms with Gasteiger partial charge in [0, 0.05) is 45.8 Å². The zero-order valence-corrected chi connectivity index (χ0v) is 21.1. The molecule has 0 unspecified atom stereocenters. The van der Waals surface area contributed by atoms with Gasteiger partial charge in [0.15, 0.2) is 0 Å². The summed E-state index contributed by atoms with van der Waals surface area (Å²) in [4.78, 5) is 46.6. The second kappa shape index (κ2) is 11.3. The third-order valence-corrected chi connectivity index (χ3v) is 6.32. The monoisotopic (exact) mass is 524 g/mol. The van der Waals surface area contributed by atoms with Crippen LogP contribution in [0.2, 0.25) is 0 Å². The largest absolute Gasteiger partial charge is 0.322 e. The molecule has 0 radical (unpaired) electrons. The van der Waals surface area contributed by atoms with Gasteiger partial charge in [0.2, 0.25) is 0 Å². The Hall–Kier alpha value is -5.38. The van der Waals surface area contributed by atoms with Crippen LogP contribution >= 0.6 is 0 Å². The van der Waals surface area contributed by atoms with E-state index in [4.69, 9.17) is 0 Å². The first kappa shape index (κ1) is 26.7. The minimum Gasteiger partial charge on any atom is -0.322 e. The topological polar surface area (TPSA) is 144 Å². The molecule has 4 rings (SSSR count). The maximum absolute atomic E-state index is 12.7. The minimum absolute atomic E-state index is 0.109. The number of anilines is 2. The molecule has 0 aromatic heterocycles. The van der Waals surface area contributed by atoms with Gasteiger partial charge in [-0.15, -0.1) is 0 Å². The first-order chi connectivity index (χ1) is 18.6. The fourth-order valence-electron chi connectivity index (χ4n) is 4.18. The number of amides is 2. The Morgan fingerprint density at radius 3 is 1.31 bits per heavy atom. The van der Waals surface area contributed by atoms with Crippen molar-refractivity contribution in [2.75, 3.05) is 10.6 Å². The number of benzene rings is 4. The third-order valence-electron chi connectivity index (χ3n) is 6.32. The minimum atomic E-state index is -0.514. The van der Waals surface area contributed by atoms with Crippen molar-refractivity contribution in [3.8, 4) is 0 Å². The van der Waals surface area contributed by atoms with Crippen LogP contribution in [0.4, 0.5) is 22.7 Å². The third kappa shape index (κ3) is 6.13. The summed E-state index contributed by atoms with van der Waals surface area (Å²) in [6.07, 6.45) is 0.608. The zero-order chi connectivity index (χ0) is 28.1. The number of hydrogen-bond acceptors (Lipinski definition) is 6. The molecule has 2 N–H and O–H groups in total. The molecule has 0 spiro atoms. The normalized spacial score (nSPS) is 10.5. The lowest BCUT2D eigenvalue weighted by atomic mass is 10.0. The van der Waals surface area contributed by atoms with Gasteiger partial charge in [-0.1, -0.05) is 36.4 Å². The number of carbonyl (C=O) groups is 2. The van der Waals surface area contributed by atoms with E-state index in [9.17, 15) is 29.8 Å². The molecule has 4 aromatic carbocycles. The molecule has 2 amide bonds. The van der Waals surface area contributed by atoms with Crippen LogP contribution in [-0.2, 0) is 6.42 Å². The second-order valence-corrected chi connectivity index (χ2v) is 8.89. The number of carbonyl (C=O) groups excluding carboxylic acids is 2. The molecule has 10 nitrogen and oxygen atoms in total. The molecule has 0 fully saturated rings. The first-order valence-electron chi connectivity index (χ1n) is 11.9. The molecule has 39 heavy (non-hydrogen) atoms. The summed E-state index contributed by atoms with van der Waals surface area (Å²) in [5.74, 6) is -0.858. The second-order valence-electron chi connectivity index (χ2n) is 8.89. The fraction of sp³-hybridized carbons (Fsp3) is 0.103. The van der Waals surface area contributed by atoms with Crippen LogP contribution in [-0.4, -0.2) is 21.7 Å². The highest BCUT2D eigenvalue weighted by molar-refractivity contribution is 6.06. The summed E-state index contributed by atoms with van der Waals surface area (Å²) in [7, 11) is 0. The molecule has 0 aliphatic carbocycles. The number of hydrogen-bond donors (Lipinski definition) is 2. The lowest BCUT2D eigenvalue weighted by Crippen LogP contribution is -2.14. The number of rotatable bonds is 8. The Labute approximate surface area is 223 Å². The molecule has 196 valence electrons. The number of nitrogens with zero attached hydrogens (tertiary/aromatic N) is 2. The van der Waals surface area contributed by atoms with E-state index in [1.807, 2.05) is 24.3 Å². The van der Waals surface area contributed by atoms with Gasteiger partial charge in [-0.05, 0) is 67.8 Å². The van der Waals surface area contributed by atoms with Gasteiger partial charge in [-0.2, -0.15) is 0 Å². The Morgan fingerprint density at radius 2 is 0.974 bits per heavy atom. The zero-order valence-electron chi connectivity index (χ0n) is 21.1. The molecule has 10 heteroatoms. The quantitative estimate of drug-likeness (QED) is 0.207. The maximum atomic E-state index is 12.7. The molecular formula is C29H24N4O6. The molecule has 0 aliphatic heterocycles. The average Bonchev–Trinajstić information content (AvgIpc) is 2.90. The number of nitro benzene ring substituents is 2. The predicted molar refractivity (Wildman–Crippen MR) is 147 cm³/mol. The van der Waals surface area contributed by atoms with Crippen molar-refractivity contribution in [2.45, 2.75) is 20.3 Å². The van der Waals surface area contributed by atoms with E-state index in [0.29, 0.717) is 28.9 Å². The molecule has 0 saturated carbocycles. The molecular weight excluding hydrogens is 500 g/mol. The lowest BCUT2D eigenvalue weighted by Gasteiger charge is -2.10. The predicted octanol–water partition coefficient (Wildman–Crippen LogP) is 6.22. The molecule has 4 aromatic rings. The molecule has 0 atom stereocenters. The standard InChI is InChI=1S/C29H24N4O6/c1-18-24(5-3-7-26(18)32(36)37)28(34)30-22-13-9-20(10-14-22)17-21-11-15-23(16-12-21)31-29(35)25-6-4-8-27(19(25)2)33(38)39/h3-16H,17H2,1-2H3,(H,30,34)(H,31,35). The van der Waals surface area contributed by atoms with Crippen LogP contribution in [0.25, 0.3) is 0 Å². The Morgan fingerprint density at radius 1 is 0.615 bits per heavy atom. The van der Waals surface area contributed by atoms with E-state index in [1.54, 1.807) is 50.2 Å². The SMILES string of the molecule is Cc1c(C(=O)Nc2ccc(Cc3ccc(NC(=O)c4cccc([N+](=O)[O-])c4C)cc3)cc2)cccc1[N+](=O)[O-]. The Balaban J connectivity index is 1.38. The van der Waals surface area contributed by atoms with Gasteiger partial charge in [0.05, 0.1) is 9.85 Å². The van der Waals surface area contributed by atoms with Gasteiger partial charge in [0.25, 0.3) is 23.2 Å². The highest BCUT2D eigenvalue weighted by atomic mass is 16.6. The summed E-state index contributed by atoms with van der Waals surface area (Å²) >= 11 is 0. The molecule has 0 heterocycles. The van der Waals surface area contributed by atoms with Crippen molar-refractivity contribution in [2.24, 2.45) is 0 Å². The van der Waals surface area contributed by atoms with Crippen LogP contribution < -0.4 is 10.6 Å². The Bertz CT molecular complexity index is 1460. The van der Waals surface area contributed by atoms with E-state index in [2.05, 4.69) is 10.6 Å². The van der Waals surface area contributed by atoms with Gasteiger partial charge < -0.3 is 10.6 Å². The molecule has 0 aliphatic rings. The molecule has 0 saturated heterocycles. The van der Waals surface area contributed by atoms with E-state index >= 15 is 0 Å². The first-order valence-corrected chi connectivity index (χ1v) is 11.9. The molecule has 0 bridgehead atoms. The van der Waals surface area contributed by atoms with Crippen LogP contribution in [0.3, 0.4) is 0 Å². The van der Waals surface area contributed by atoms with Crippen molar-refractivity contribution in [3.05, 3.63) is 139 Å². The summed E-state index contributed by atoms with van der Waals surface area (Å²) < 4.78 is 0. The van der Waals surface area contributed by atoms with E-state index in [-0.39, 0.29) is 22.5 Å². The van der Waals surface area contributed by atoms with Gasteiger partial charge in [-0.25, -0.2) is 0 Å². The van der Waals surface area contributed by atoms with Crippen LogP contribution in [0.1, 0.15) is 43.0 Å². The number of nitro groups is 2. The van der Waals surface area contributed by atoms with Gasteiger partial charge in [-0.3, -0.25) is 29.8 Å². The van der Waals surface area contributed by atoms with Crippen molar-refractivity contribution in [1.29, 1.82) is 0 Å². The van der Waals surface area contributed by atoms with Crippen LogP contribution in [0, 0.1) is 34.1 Å². The summed E-state index contributed by atoms with van der Waals surface area (Å²) in [5.41, 5.74) is 3.96. The highest BCUT2D eigenvalue weighted by Crippen LogP contribution is 2.24. The maximum Gasteiger partial charge on any atom is 0.273 e. The van der Waals surface area contributed by atoms with E-state index in [0.717, 1.165) is 11.1 Å². The smallest absolute Gasteiger partial charge is 0.273 e. The van der Waals surface area contributed by atoms with Crippen LogP contribution in [0.5, 0.6) is 0 Å². The highest BCUT2D eigenvalue weighted by Gasteiger charge is 2.19. The van der Waals surface area contributed by atoms with Crippen LogP contribution in [0.15, 0.2) is 84.9 Å². The lowest BCUT2D eigenvalue weighted by molar-refractivity contribution is -0.385. The van der Waals surface area contributed by atoms with E-state index in [1.165, 1.54) is 24.3 Å². The van der Waals surface area contributed by atoms with Gasteiger partial charge in [0.1, 0.15) is 0 Å². The van der Waals surface area contributed by atoms with Crippen molar-refractivity contribution in [3.63, 3.8) is 0 Å². The fourth-order valence-corrected chi connectivity index (χ4v) is 4.18. The van der Waals surface area contributed by atoms with Crippen molar-refractivity contribution in [1.82, 2.24) is 0 Å². The summed E-state index contributed by atoms with van der Waals surface area (Å²) in [6, 6.07) is 23.3. The summed E-state index contributed by atoms with van der Waals surface area (Å²) in [5, 5.41) is 27.8.